The zero-order valence-electron chi connectivity index (χ0n) is 13.9. The Balaban J connectivity index is 1.47. The number of nitrogens with one attached hydrogen (secondary N) is 1. The van der Waals surface area contributed by atoms with E-state index < -0.39 is 11.6 Å². The Labute approximate surface area is 153 Å². The molecule has 2 heterocycles. The van der Waals surface area contributed by atoms with Crippen molar-refractivity contribution in [2.24, 2.45) is 0 Å². The van der Waals surface area contributed by atoms with Gasteiger partial charge in [0.1, 0.15) is 16.6 Å². The summed E-state index contributed by atoms with van der Waals surface area (Å²) in [5.41, 5.74) is 0.962. The summed E-state index contributed by atoms with van der Waals surface area (Å²) in [6.45, 7) is 0.942. The van der Waals surface area contributed by atoms with Crippen LogP contribution in [0, 0.1) is 11.6 Å². The molecule has 1 aromatic heterocycles. The van der Waals surface area contributed by atoms with Gasteiger partial charge in [0.2, 0.25) is 5.91 Å². The van der Waals surface area contributed by atoms with Gasteiger partial charge in [0.25, 0.3) is 0 Å². The quantitative estimate of drug-likeness (QED) is 0.740. The van der Waals surface area contributed by atoms with E-state index in [9.17, 15) is 13.6 Å². The molecule has 1 aliphatic rings. The number of hydrogen-bond donors (Lipinski definition) is 1. The third-order valence-corrected chi connectivity index (χ3v) is 5.65. The van der Waals surface area contributed by atoms with Crippen LogP contribution < -0.4 is 5.32 Å². The lowest BCUT2D eigenvalue weighted by molar-refractivity contribution is -0.117. The lowest BCUT2D eigenvalue weighted by Crippen LogP contribution is -2.33. The van der Waals surface area contributed by atoms with Crippen molar-refractivity contribution in [2.75, 3.05) is 18.4 Å². The van der Waals surface area contributed by atoms with Crippen LogP contribution >= 0.6 is 11.3 Å². The van der Waals surface area contributed by atoms with Crippen molar-refractivity contribution >= 4 is 33.1 Å². The minimum absolute atomic E-state index is 0.00728. The molecule has 134 valence electrons. The molecule has 4 rings (SSSR count). The van der Waals surface area contributed by atoms with Gasteiger partial charge in [-0.1, -0.05) is 12.1 Å². The Hall–Kier alpha value is -2.38. The smallest absolute Gasteiger partial charge is 0.238 e. The maximum atomic E-state index is 13.7. The van der Waals surface area contributed by atoms with Gasteiger partial charge in [-0.25, -0.2) is 13.8 Å². The number of aromatic nitrogens is 1. The van der Waals surface area contributed by atoms with Crippen LogP contribution in [0.25, 0.3) is 10.2 Å². The molecule has 7 heteroatoms. The number of hydrogen-bond acceptors (Lipinski definition) is 4. The normalized spacial score (nSPS) is 17.7. The van der Waals surface area contributed by atoms with Crippen LogP contribution in [-0.4, -0.2) is 28.9 Å². The topological polar surface area (TPSA) is 45.2 Å². The Morgan fingerprint density at radius 1 is 1.27 bits per heavy atom. The molecule has 0 spiro atoms. The summed E-state index contributed by atoms with van der Waals surface area (Å²) < 4.78 is 27.8. The predicted molar refractivity (Wildman–Crippen MR) is 98.2 cm³/mol. The highest BCUT2D eigenvalue weighted by Crippen LogP contribution is 2.36. The summed E-state index contributed by atoms with van der Waals surface area (Å²) in [6, 6.07) is 11.2. The second-order valence-corrected chi connectivity index (χ2v) is 7.38. The number of rotatable bonds is 4. The number of para-hydroxylation sites is 1. The first kappa shape index (κ1) is 17.1. The molecule has 1 fully saturated rings. The maximum absolute atomic E-state index is 13.7. The SMILES string of the molecule is O=C(CN1CCC[C@@H]1c1nc2ccccc2s1)Nc1ccc(F)cc1F. The number of fused-ring (bicyclic) bond motifs is 1. The van der Waals surface area contributed by atoms with Crippen molar-refractivity contribution in [1.82, 2.24) is 9.88 Å². The summed E-state index contributed by atoms with van der Waals surface area (Å²) >= 11 is 1.65. The zero-order chi connectivity index (χ0) is 18.1. The number of halogens is 2. The van der Waals surface area contributed by atoms with E-state index in [1.807, 2.05) is 24.3 Å². The summed E-state index contributed by atoms with van der Waals surface area (Å²) in [7, 11) is 0. The summed E-state index contributed by atoms with van der Waals surface area (Å²) in [4.78, 5) is 19.1. The van der Waals surface area contributed by atoms with Gasteiger partial charge in [0, 0.05) is 6.07 Å². The molecule has 0 radical (unpaired) electrons. The Kier molecular flexibility index (Phi) is 4.65. The Morgan fingerprint density at radius 3 is 2.92 bits per heavy atom. The second-order valence-electron chi connectivity index (χ2n) is 6.32. The first-order valence-corrected chi connectivity index (χ1v) is 9.26. The van der Waals surface area contributed by atoms with Gasteiger partial charge in [-0.3, -0.25) is 9.69 Å². The van der Waals surface area contributed by atoms with Crippen molar-refractivity contribution < 1.29 is 13.6 Å². The van der Waals surface area contributed by atoms with Gasteiger partial charge >= 0.3 is 0 Å². The van der Waals surface area contributed by atoms with Gasteiger partial charge in [0.05, 0.1) is 28.5 Å². The zero-order valence-corrected chi connectivity index (χ0v) is 14.7. The number of benzene rings is 2. The van der Waals surface area contributed by atoms with Crippen molar-refractivity contribution in [2.45, 2.75) is 18.9 Å². The molecule has 26 heavy (non-hydrogen) atoms. The number of carbonyl (C=O) groups excluding carboxylic acids is 1. The first-order valence-electron chi connectivity index (χ1n) is 8.44. The molecule has 0 bridgehead atoms. The monoisotopic (exact) mass is 373 g/mol. The van der Waals surface area contributed by atoms with E-state index in [1.54, 1.807) is 11.3 Å². The fraction of sp³-hybridized carbons (Fsp3) is 0.263. The molecule has 1 aliphatic heterocycles. The molecular formula is C19H17F2N3OS. The number of carbonyl (C=O) groups is 1. The lowest BCUT2D eigenvalue weighted by atomic mass is 10.2. The van der Waals surface area contributed by atoms with E-state index >= 15 is 0 Å². The largest absolute Gasteiger partial charge is 0.322 e. The number of anilines is 1. The lowest BCUT2D eigenvalue weighted by Gasteiger charge is -2.22. The van der Waals surface area contributed by atoms with Crippen molar-refractivity contribution in [3.05, 3.63) is 59.1 Å². The summed E-state index contributed by atoms with van der Waals surface area (Å²) in [5.74, 6) is -1.76. The van der Waals surface area contributed by atoms with Gasteiger partial charge in [-0.05, 0) is 43.7 Å². The van der Waals surface area contributed by atoms with E-state index in [2.05, 4.69) is 10.2 Å². The first-order chi connectivity index (χ1) is 12.6. The van der Waals surface area contributed by atoms with Crippen LogP contribution in [0.2, 0.25) is 0 Å². The predicted octanol–water partition coefficient (Wildman–Crippen LogP) is 4.35. The second kappa shape index (κ2) is 7.09. The standard InChI is InChI=1S/C19H17F2N3OS/c20-12-7-8-14(13(21)10-12)22-18(25)11-24-9-3-5-16(24)19-23-15-4-1-2-6-17(15)26-19/h1-2,4,6-8,10,16H,3,5,9,11H2,(H,22,25)/t16-/m1/s1. The van der Waals surface area contributed by atoms with Crippen LogP contribution in [-0.2, 0) is 4.79 Å². The van der Waals surface area contributed by atoms with E-state index in [1.165, 1.54) is 6.07 Å². The molecule has 4 nitrogen and oxygen atoms in total. The molecule has 0 unspecified atom stereocenters. The Morgan fingerprint density at radius 2 is 2.12 bits per heavy atom. The molecule has 0 saturated carbocycles. The molecule has 1 saturated heterocycles. The van der Waals surface area contributed by atoms with E-state index in [4.69, 9.17) is 4.98 Å². The number of nitrogens with zero attached hydrogens (tertiary/aromatic N) is 2. The van der Waals surface area contributed by atoms with Crippen molar-refractivity contribution in [3.63, 3.8) is 0 Å². The van der Waals surface area contributed by atoms with E-state index in [0.29, 0.717) is 0 Å². The van der Waals surface area contributed by atoms with Gasteiger partial charge in [0.15, 0.2) is 0 Å². The Bertz CT molecular complexity index is 926. The highest BCUT2D eigenvalue weighted by atomic mass is 32.1. The average Bonchev–Trinajstić information content (AvgIpc) is 3.23. The van der Waals surface area contributed by atoms with Crippen LogP contribution in [0.3, 0.4) is 0 Å². The fourth-order valence-electron chi connectivity index (χ4n) is 3.29. The van der Waals surface area contributed by atoms with Crippen LogP contribution in [0.15, 0.2) is 42.5 Å². The molecule has 0 aliphatic carbocycles. The molecule has 2 aromatic carbocycles. The third-order valence-electron chi connectivity index (χ3n) is 4.51. The minimum atomic E-state index is -0.775. The molecular weight excluding hydrogens is 356 g/mol. The molecule has 1 atom stereocenters. The highest BCUT2D eigenvalue weighted by Gasteiger charge is 2.30. The van der Waals surface area contributed by atoms with Gasteiger partial charge < -0.3 is 5.32 Å². The van der Waals surface area contributed by atoms with Gasteiger partial charge in [-0.2, -0.15) is 0 Å². The summed E-state index contributed by atoms with van der Waals surface area (Å²) in [6.07, 6.45) is 1.93. The third kappa shape index (κ3) is 3.45. The molecule has 1 amide bonds. The minimum Gasteiger partial charge on any atom is -0.322 e. The number of likely N-dealkylation sites (tertiary alicyclic amines) is 1. The molecule has 3 aromatic rings. The van der Waals surface area contributed by atoms with Crippen molar-refractivity contribution in [3.8, 4) is 0 Å². The molecule has 1 N–H and O–H groups in total. The number of amides is 1. The van der Waals surface area contributed by atoms with Crippen LogP contribution in [0.4, 0.5) is 14.5 Å². The van der Waals surface area contributed by atoms with Crippen molar-refractivity contribution in [1.29, 1.82) is 0 Å². The average molecular weight is 373 g/mol. The fourth-order valence-corrected chi connectivity index (χ4v) is 4.43. The van der Waals surface area contributed by atoms with Crippen LogP contribution in [0.5, 0.6) is 0 Å². The van der Waals surface area contributed by atoms with E-state index in [-0.39, 0.29) is 24.2 Å². The maximum Gasteiger partial charge on any atom is 0.238 e. The summed E-state index contributed by atoms with van der Waals surface area (Å²) in [5, 5.41) is 3.53. The van der Waals surface area contributed by atoms with Gasteiger partial charge in [-0.15, -0.1) is 11.3 Å². The number of thiazole rings is 1. The van der Waals surface area contributed by atoms with E-state index in [0.717, 1.165) is 46.7 Å². The van der Waals surface area contributed by atoms with Crippen LogP contribution in [0.1, 0.15) is 23.9 Å². The highest BCUT2D eigenvalue weighted by molar-refractivity contribution is 7.18.